The van der Waals surface area contributed by atoms with E-state index in [2.05, 4.69) is 31.9 Å². The zero-order chi connectivity index (χ0) is 14.7. The first kappa shape index (κ1) is 15.3. The molecule has 0 fully saturated rings. The van der Waals surface area contributed by atoms with Gasteiger partial charge in [0.15, 0.2) is 11.5 Å². The van der Waals surface area contributed by atoms with Crippen LogP contribution in [0.3, 0.4) is 0 Å². The van der Waals surface area contributed by atoms with Crippen LogP contribution >= 0.6 is 31.9 Å². The van der Waals surface area contributed by atoms with Gasteiger partial charge in [-0.1, -0.05) is 28.1 Å². The first-order chi connectivity index (χ1) is 9.56. The van der Waals surface area contributed by atoms with Crippen LogP contribution < -0.4 is 9.47 Å². The van der Waals surface area contributed by atoms with Crippen molar-refractivity contribution in [3.63, 3.8) is 0 Å². The molecule has 20 heavy (non-hydrogen) atoms. The van der Waals surface area contributed by atoms with Crippen molar-refractivity contribution in [2.75, 3.05) is 14.2 Å². The third kappa shape index (κ3) is 3.15. The number of benzene rings is 2. The average Bonchev–Trinajstić information content (AvgIpc) is 2.48. The first-order valence-electron chi connectivity index (χ1n) is 5.87. The van der Waals surface area contributed by atoms with Crippen molar-refractivity contribution < 1.29 is 13.9 Å². The summed E-state index contributed by atoms with van der Waals surface area (Å²) < 4.78 is 24.2. The van der Waals surface area contributed by atoms with E-state index >= 15 is 0 Å². The number of hydrogen-bond donors (Lipinski definition) is 0. The zero-order valence-corrected chi connectivity index (χ0v) is 14.2. The summed E-state index contributed by atoms with van der Waals surface area (Å²) in [5.74, 6) is 1.06. The highest BCUT2D eigenvalue weighted by molar-refractivity contribution is 9.10. The Balaban J connectivity index is 2.37. The van der Waals surface area contributed by atoms with Gasteiger partial charge in [-0.2, -0.15) is 0 Å². The molecule has 0 bridgehead atoms. The lowest BCUT2D eigenvalue weighted by Gasteiger charge is -2.14. The van der Waals surface area contributed by atoms with Gasteiger partial charge in [-0.05, 0) is 51.3 Å². The molecule has 0 saturated carbocycles. The van der Waals surface area contributed by atoms with Crippen molar-refractivity contribution in [1.29, 1.82) is 0 Å². The fourth-order valence-corrected chi connectivity index (χ4v) is 2.84. The Bertz CT molecular complexity index is 617. The van der Waals surface area contributed by atoms with Gasteiger partial charge in [-0.3, -0.25) is 0 Å². The summed E-state index contributed by atoms with van der Waals surface area (Å²) >= 11 is 6.82. The average molecular weight is 404 g/mol. The summed E-state index contributed by atoms with van der Waals surface area (Å²) in [5.41, 5.74) is 1.95. The molecule has 2 rings (SSSR count). The molecule has 1 atom stereocenters. The quantitative estimate of drug-likeness (QED) is 0.662. The number of hydrogen-bond acceptors (Lipinski definition) is 2. The summed E-state index contributed by atoms with van der Waals surface area (Å²) in [6, 6.07) is 10.6. The van der Waals surface area contributed by atoms with Crippen LogP contribution in [-0.2, 0) is 0 Å². The highest BCUT2D eigenvalue weighted by Crippen LogP contribution is 2.37. The SMILES string of the molecule is COc1ccc(C(Br)c2ccc(F)c(Br)c2)cc1OC. The van der Waals surface area contributed by atoms with Crippen LogP contribution in [0.4, 0.5) is 4.39 Å². The molecule has 2 aromatic carbocycles. The van der Waals surface area contributed by atoms with Crippen LogP contribution in [0, 0.1) is 5.82 Å². The minimum atomic E-state index is -0.277. The van der Waals surface area contributed by atoms with Crippen molar-refractivity contribution in [3.05, 3.63) is 57.8 Å². The minimum absolute atomic E-state index is 0.0563. The normalized spacial score (nSPS) is 12.1. The lowest BCUT2D eigenvalue weighted by atomic mass is 10.0. The molecule has 0 amide bonds. The molecule has 0 aliphatic rings. The van der Waals surface area contributed by atoms with Gasteiger partial charge in [-0.15, -0.1) is 0 Å². The van der Waals surface area contributed by atoms with E-state index in [1.165, 1.54) is 6.07 Å². The van der Waals surface area contributed by atoms with Crippen molar-refractivity contribution in [2.45, 2.75) is 4.83 Å². The van der Waals surface area contributed by atoms with E-state index in [0.717, 1.165) is 11.1 Å². The van der Waals surface area contributed by atoms with Crippen molar-refractivity contribution in [3.8, 4) is 11.5 Å². The molecule has 0 heterocycles. The van der Waals surface area contributed by atoms with Crippen molar-refractivity contribution in [2.24, 2.45) is 0 Å². The van der Waals surface area contributed by atoms with Gasteiger partial charge in [0.2, 0.25) is 0 Å². The standard InChI is InChI=1S/C15H13Br2FO2/c1-19-13-6-4-10(8-14(13)20-2)15(17)9-3-5-12(18)11(16)7-9/h3-8,15H,1-2H3. The number of methoxy groups -OCH3 is 2. The topological polar surface area (TPSA) is 18.5 Å². The Morgan fingerprint density at radius 1 is 0.950 bits per heavy atom. The predicted molar refractivity (Wildman–Crippen MR) is 84.4 cm³/mol. The van der Waals surface area contributed by atoms with E-state index in [4.69, 9.17) is 9.47 Å². The lowest BCUT2D eigenvalue weighted by Crippen LogP contribution is -1.96. The van der Waals surface area contributed by atoms with Gasteiger partial charge in [-0.25, -0.2) is 4.39 Å². The summed E-state index contributed by atoms with van der Waals surface area (Å²) in [5, 5.41) is 0. The van der Waals surface area contributed by atoms with Crippen LogP contribution in [0.15, 0.2) is 40.9 Å². The molecule has 0 aromatic heterocycles. The van der Waals surface area contributed by atoms with Gasteiger partial charge in [0, 0.05) is 0 Å². The second-order valence-corrected chi connectivity index (χ2v) is 5.92. The molecule has 0 N–H and O–H groups in total. The fourth-order valence-electron chi connectivity index (χ4n) is 1.87. The van der Waals surface area contributed by atoms with Crippen molar-refractivity contribution in [1.82, 2.24) is 0 Å². The number of rotatable bonds is 4. The maximum atomic E-state index is 13.3. The van der Waals surface area contributed by atoms with E-state index in [1.807, 2.05) is 18.2 Å². The summed E-state index contributed by atoms with van der Waals surface area (Å²) in [6.07, 6.45) is 0. The van der Waals surface area contributed by atoms with E-state index in [9.17, 15) is 4.39 Å². The van der Waals surface area contributed by atoms with Crippen LogP contribution in [-0.4, -0.2) is 14.2 Å². The molecular weight excluding hydrogens is 391 g/mol. The zero-order valence-electron chi connectivity index (χ0n) is 11.0. The third-order valence-corrected chi connectivity index (χ3v) is 4.60. The maximum absolute atomic E-state index is 13.3. The lowest BCUT2D eigenvalue weighted by molar-refractivity contribution is 0.354. The molecule has 0 aliphatic heterocycles. The predicted octanol–water partition coefficient (Wildman–Crippen LogP) is 5.09. The van der Waals surface area contributed by atoms with Crippen LogP contribution in [0.2, 0.25) is 0 Å². The summed E-state index contributed by atoms with van der Waals surface area (Å²) in [7, 11) is 3.19. The molecule has 5 heteroatoms. The van der Waals surface area contributed by atoms with Crippen LogP contribution in [0.25, 0.3) is 0 Å². The Morgan fingerprint density at radius 3 is 2.15 bits per heavy atom. The smallest absolute Gasteiger partial charge is 0.161 e. The number of ether oxygens (including phenoxy) is 2. The highest BCUT2D eigenvalue weighted by atomic mass is 79.9. The maximum Gasteiger partial charge on any atom is 0.161 e. The van der Waals surface area contributed by atoms with Gasteiger partial charge >= 0.3 is 0 Å². The molecule has 2 nitrogen and oxygen atoms in total. The van der Waals surface area contributed by atoms with Gasteiger partial charge in [0.1, 0.15) is 5.82 Å². The van der Waals surface area contributed by atoms with Gasteiger partial charge in [0.05, 0.1) is 23.5 Å². The summed E-state index contributed by atoms with van der Waals surface area (Å²) in [6.45, 7) is 0. The first-order valence-corrected chi connectivity index (χ1v) is 7.58. The molecule has 106 valence electrons. The molecule has 0 aliphatic carbocycles. The Hall–Kier alpha value is -1.07. The number of alkyl halides is 1. The van der Waals surface area contributed by atoms with Gasteiger partial charge < -0.3 is 9.47 Å². The number of halogens is 3. The third-order valence-electron chi connectivity index (χ3n) is 2.94. The molecule has 0 radical (unpaired) electrons. The molecule has 0 spiro atoms. The second-order valence-electron chi connectivity index (χ2n) is 4.15. The minimum Gasteiger partial charge on any atom is -0.493 e. The summed E-state index contributed by atoms with van der Waals surface area (Å²) in [4.78, 5) is -0.0563. The van der Waals surface area contributed by atoms with E-state index in [1.54, 1.807) is 26.4 Å². The molecular formula is C15H13Br2FO2. The molecule has 2 aromatic rings. The van der Waals surface area contributed by atoms with Gasteiger partial charge in [0.25, 0.3) is 0 Å². The Labute approximate surface area is 134 Å². The Morgan fingerprint density at radius 2 is 1.55 bits per heavy atom. The van der Waals surface area contributed by atoms with Crippen molar-refractivity contribution >= 4 is 31.9 Å². The van der Waals surface area contributed by atoms with E-state index in [-0.39, 0.29) is 10.6 Å². The second kappa shape index (κ2) is 6.59. The van der Waals surface area contributed by atoms with E-state index < -0.39 is 0 Å². The molecule has 0 saturated heterocycles. The fraction of sp³-hybridized carbons (Fsp3) is 0.200. The Kier molecular flexibility index (Phi) is 5.05. The monoisotopic (exact) mass is 402 g/mol. The largest absolute Gasteiger partial charge is 0.493 e. The van der Waals surface area contributed by atoms with Crippen LogP contribution in [0.5, 0.6) is 11.5 Å². The molecule has 1 unspecified atom stereocenters. The van der Waals surface area contributed by atoms with E-state index in [0.29, 0.717) is 16.0 Å². The van der Waals surface area contributed by atoms with Crippen LogP contribution in [0.1, 0.15) is 16.0 Å². The highest BCUT2D eigenvalue weighted by Gasteiger charge is 2.14.